The number of hydrogen-bond donors (Lipinski definition) is 2. The molecule has 1 aliphatic rings. The van der Waals surface area contributed by atoms with Crippen LogP contribution in [0, 0.1) is 5.92 Å². The van der Waals surface area contributed by atoms with Gasteiger partial charge < -0.3 is 24.5 Å². The molecule has 2 N–H and O–H groups in total. The van der Waals surface area contributed by atoms with Gasteiger partial charge in [0, 0.05) is 37.6 Å². The number of ether oxygens (including phenoxy) is 3. The molecular weight excluding hydrogens is 370 g/mol. The fourth-order valence-electron chi connectivity index (χ4n) is 3.80. The highest BCUT2D eigenvalue weighted by molar-refractivity contribution is 5.32. The molecule has 2 aromatic rings. The smallest absolute Gasteiger partial charge is 0.124 e. The molecule has 1 fully saturated rings. The Labute approximate surface area is 172 Å². The lowest BCUT2D eigenvalue weighted by Gasteiger charge is -2.34. The fourth-order valence-corrected chi connectivity index (χ4v) is 3.80. The molecule has 2 unspecified atom stereocenters. The van der Waals surface area contributed by atoms with Crippen LogP contribution < -0.4 is 9.47 Å². The van der Waals surface area contributed by atoms with E-state index in [0.29, 0.717) is 32.9 Å². The molecule has 6 nitrogen and oxygen atoms in total. The number of methoxy groups -OCH3 is 1. The van der Waals surface area contributed by atoms with E-state index in [2.05, 4.69) is 12.1 Å². The second kappa shape index (κ2) is 11.2. The number of piperidine rings is 1. The number of benzene rings is 2. The van der Waals surface area contributed by atoms with E-state index in [1.54, 1.807) is 7.11 Å². The quantitative estimate of drug-likeness (QED) is 0.594. The molecule has 3 rings (SSSR count). The van der Waals surface area contributed by atoms with Crippen molar-refractivity contribution in [3.05, 3.63) is 59.7 Å². The van der Waals surface area contributed by atoms with Crippen LogP contribution in [-0.2, 0) is 11.3 Å². The van der Waals surface area contributed by atoms with Crippen molar-refractivity contribution in [1.29, 1.82) is 0 Å². The third-order valence-electron chi connectivity index (χ3n) is 5.41. The zero-order valence-electron chi connectivity index (χ0n) is 17.0. The fraction of sp³-hybridized carbons (Fsp3) is 0.478. The summed E-state index contributed by atoms with van der Waals surface area (Å²) < 4.78 is 16.9. The molecule has 2 atom stereocenters. The molecule has 0 spiro atoms. The van der Waals surface area contributed by atoms with Crippen LogP contribution in [0.5, 0.6) is 11.5 Å². The van der Waals surface area contributed by atoms with E-state index in [-0.39, 0.29) is 18.4 Å². The van der Waals surface area contributed by atoms with E-state index in [4.69, 9.17) is 14.2 Å². The lowest BCUT2D eigenvalue weighted by Crippen LogP contribution is -2.39. The van der Waals surface area contributed by atoms with Gasteiger partial charge in [0.05, 0.1) is 26.9 Å². The van der Waals surface area contributed by atoms with Crippen LogP contribution in [0.3, 0.4) is 0 Å². The van der Waals surface area contributed by atoms with Crippen LogP contribution in [0.15, 0.2) is 48.5 Å². The molecule has 0 bridgehead atoms. The maximum Gasteiger partial charge on any atom is 0.124 e. The molecule has 6 heteroatoms. The number of hydrogen-bond acceptors (Lipinski definition) is 6. The predicted octanol–water partition coefficient (Wildman–Crippen LogP) is 3.47. The average Bonchev–Trinajstić information content (AvgIpc) is 2.76. The zero-order valence-corrected chi connectivity index (χ0v) is 17.0. The number of hydroxylamine groups is 2. The summed E-state index contributed by atoms with van der Waals surface area (Å²) in [4.78, 5) is 0. The molecule has 2 aromatic carbocycles. The third-order valence-corrected chi connectivity index (χ3v) is 5.41. The second-order valence-corrected chi connectivity index (χ2v) is 7.39. The van der Waals surface area contributed by atoms with E-state index in [9.17, 15) is 10.3 Å². The summed E-state index contributed by atoms with van der Waals surface area (Å²) in [7, 11) is 1.66. The van der Waals surface area contributed by atoms with Crippen molar-refractivity contribution in [1.82, 2.24) is 5.06 Å². The van der Waals surface area contributed by atoms with E-state index < -0.39 is 0 Å². The molecule has 158 valence electrons. The molecule has 0 amide bonds. The van der Waals surface area contributed by atoms with Crippen LogP contribution in [0.2, 0.25) is 0 Å². The standard InChI is InChI=1S/C23H31NO5/c1-27-23-6-3-2-5-19(23)17-28-13-4-14-29-21-9-7-18(8-10-21)22-11-12-24(26)15-20(22)16-25/h2-3,5-10,20,22,25-26H,4,11-17H2,1H3. The number of rotatable bonds is 10. The summed E-state index contributed by atoms with van der Waals surface area (Å²) in [5, 5.41) is 20.6. The summed E-state index contributed by atoms with van der Waals surface area (Å²) >= 11 is 0. The van der Waals surface area contributed by atoms with Crippen LogP contribution in [0.1, 0.15) is 29.9 Å². The van der Waals surface area contributed by atoms with Crippen molar-refractivity contribution < 1.29 is 24.5 Å². The first-order chi connectivity index (χ1) is 14.2. The highest BCUT2D eigenvalue weighted by atomic mass is 16.5. The Balaban J connectivity index is 1.38. The van der Waals surface area contributed by atoms with Gasteiger partial charge >= 0.3 is 0 Å². The van der Waals surface area contributed by atoms with Gasteiger partial charge in [0.15, 0.2) is 0 Å². The Morgan fingerprint density at radius 3 is 2.62 bits per heavy atom. The van der Waals surface area contributed by atoms with Gasteiger partial charge in [-0.1, -0.05) is 30.3 Å². The maximum atomic E-state index is 9.65. The SMILES string of the molecule is COc1ccccc1COCCCOc1ccc(C2CCN(O)CC2CO)cc1. The minimum absolute atomic E-state index is 0.0564. The second-order valence-electron chi connectivity index (χ2n) is 7.39. The Kier molecular flexibility index (Phi) is 8.31. The molecule has 0 radical (unpaired) electrons. The summed E-state index contributed by atoms with van der Waals surface area (Å²) in [6.45, 7) is 2.95. The minimum Gasteiger partial charge on any atom is -0.496 e. The summed E-state index contributed by atoms with van der Waals surface area (Å²) in [6.07, 6.45) is 1.64. The normalized spacial score (nSPS) is 19.8. The average molecular weight is 402 g/mol. The van der Waals surface area contributed by atoms with Crippen LogP contribution in [0.4, 0.5) is 0 Å². The summed E-state index contributed by atoms with van der Waals surface area (Å²) in [5.74, 6) is 2.00. The van der Waals surface area contributed by atoms with Gasteiger partial charge in [-0.3, -0.25) is 0 Å². The minimum atomic E-state index is 0.0564. The van der Waals surface area contributed by atoms with Crippen molar-refractivity contribution in [2.45, 2.75) is 25.4 Å². The van der Waals surface area contributed by atoms with Gasteiger partial charge in [-0.15, -0.1) is 0 Å². The Bertz CT molecular complexity index is 736. The molecular formula is C23H31NO5. The van der Waals surface area contributed by atoms with Gasteiger partial charge in [-0.25, -0.2) is 0 Å². The molecule has 1 aliphatic heterocycles. The first kappa shape index (κ1) is 21.6. The topological polar surface area (TPSA) is 71.4 Å². The Hall–Kier alpha value is -2.12. The van der Waals surface area contributed by atoms with Gasteiger partial charge in [-0.2, -0.15) is 5.06 Å². The van der Waals surface area contributed by atoms with Gasteiger partial charge in [0.25, 0.3) is 0 Å². The highest BCUT2D eigenvalue weighted by Crippen LogP contribution is 2.33. The van der Waals surface area contributed by atoms with Crippen LogP contribution >= 0.6 is 0 Å². The van der Waals surface area contributed by atoms with Crippen molar-refractivity contribution in [2.75, 3.05) is 40.0 Å². The monoisotopic (exact) mass is 401 g/mol. The molecule has 0 aliphatic carbocycles. The van der Waals surface area contributed by atoms with E-state index in [1.165, 1.54) is 10.6 Å². The number of aliphatic hydroxyl groups excluding tert-OH is 1. The van der Waals surface area contributed by atoms with Crippen molar-refractivity contribution >= 4 is 0 Å². The predicted molar refractivity (Wildman–Crippen MR) is 110 cm³/mol. The zero-order chi connectivity index (χ0) is 20.5. The number of aliphatic hydroxyl groups is 1. The van der Waals surface area contributed by atoms with Crippen molar-refractivity contribution in [3.8, 4) is 11.5 Å². The third kappa shape index (κ3) is 6.18. The number of para-hydroxylation sites is 1. The van der Waals surface area contributed by atoms with Crippen molar-refractivity contribution in [3.63, 3.8) is 0 Å². The Morgan fingerprint density at radius 1 is 1.07 bits per heavy atom. The lowest BCUT2D eigenvalue weighted by atomic mass is 9.81. The largest absolute Gasteiger partial charge is 0.496 e. The molecule has 1 heterocycles. The molecule has 29 heavy (non-hydrogen) atoms. The van der Waals surface area contributed by atoms with Crippen molar-refractivity contribution in [2.24, 2.45) is 5.92 Å². The van der Waals surface area contributed by atoms with Crippen LogP contribution in [0.25, 0.3) is 0 Å². The number of nitrogens with zero attached hydrogens (tertiary/aromatic N) is 1. The Morgan fingerprint density at radius 2 is 1.86 bits per heavy atom. The van der Waals surface area contributed by atoms with Gasteiger partial charge in [0.1, 0.15) is 11.5 Å². The van der Waals surface area contributed by atoms with E-state index in [1.807, 2.05) is 36.4 Å². The van der Waals surface area contributed by atoms with Crippen LogP contribution in [-0.4, -0.2) is 55.4 Å². The highest BCUT2D eigenvalue weighted by Gasteiger charge is 2.29. The molecule has 1 saturated heterocycles. The lowest BCUT2D eigenvalue weighted by molar-refractivity contribution is -0.126. The first-order valence-electron chi connectivity index (χ1n) is 10.2. The molecule has 0 aromatic heterocycles. The van der Waals surface area contributed by atoms with Gasteiger partial charge in [0.2, 0.25) is 0 Å². The first-order valence-corrected chi connectivity index (χ1v) is 10.2. The summed E-state index contributed by atoms with van der Waals surface area (Å²) in [5.41, 5.74) is 2.23. The summed E-state index contributed by atoms with van der Waals surface area (Å²) in [6, 6.07) is 15.9. The maximum absolute atomic E-state index is 9.65. The van der Waals surface area contributed by atoms with E-state index >= 15 is 0 Å². The van der Waals surface area contributed by atoms with Gasteiger partial charge in [-0.05, 0) is 36.1 Å². The molecule has 0 saturated carbocycles. The van der Waals surface area contributed by atoms with E-state index in [0.717, 1.165) is 29.9 Å².